The second kappa shape index (κ2) is 4.25. The number of anilines is 1. The van der Waals surface area contributed by atoms with E-state index >= 15 is 0 Å². The lowest BCUT2D eigenvalue weighted by Crippen LogP contribution is -1.95. The average Bonchev–Trinajstić information content (AvgIpc) is 2.86. The molecule has 0 aromatic carbocycles. The first-order valence-corrected chi connectivity index (χ1v) is 6.95. The normalized spacial score (nSPS) is 11.2. The summed E-state index contributed by atoms with van der Waals surface area (Å²) in [6.07, 6.45) is 0. The molecular formula is C11H10N4OS2. The summed E-state index contributed by atoms with van der Waals surface area (Å²) in [5, 5.41) is 4.30. The SMILES string of the molecule is Cc1nc(Sc2nc(N)nc3sccc23)oc1C. The van der Waals surface area contributed by atoms with E-state index in [2.05, 4.69) is 15.0 Å². The zero-order valence-corrected chi connectivity index (χ0v) is 11.4. The minimum absolute atomic E-state index is 0.271. The molecule has 0 amide bonds. The Morgan fingerprint density at radius 2 is 2.11 bits per heavy atom. The van der Waals surface area contributed by atoms with Crippen LogP contribution >= 0.6 is 23.1 Å². The third-order valence-corrected chi connectivity index (χ3v) is 4.16. The number of hydrogen-bond donors (Lipinski definition) is 1. The van der Waals surface area contributed by atoms with Crippen molar-refractivity contribution in [2.24, 2.45) is 0 Å². The summed E-state index contributed by atoms with van der Waals surface area (Å²) in [5.41, 5.74) is 6.58. The molecule has 3 aromatic heterocycles. The van der Waals surface area contributed by atoms with Gasteiger partial charge in [0.2, 0.25) is 5.95 Å². The minimum Gasteiger partial charge on any atom is -0.436 e. The van der Waals surface area contributed by atoms with Crippen molar-refractivity contribution in [3.63, 3.8) is 0 Å². The highest BCUT2D eigenvalue weighted by Gasteiger charge is 2.13. The van der Waals surface area contributed by atoms with Gasteiger partial charge in [-0.2, -0.15) is 0 Å². The van der Waals surface area contributed by atoms with Gasteiger partial charge in [-0.25, -0.2) is 15.0 Å². The Morgan fingerprint density at radius 3 is 2.83 bits per heavy atom. The van der Waals surface area contributed by atoms with Crippen LogP contribution in [-0.2, 0) is 0 Å². The van der Waals surface area contributed by atoms with E-state index in [1.807, 2.05) is 25.3 Å². The Hall–Kier alpha value is -1.60. The molecule has 5 nitrogen and oxygen atoms in total. The van der Waals surface area contributed by atoms with E-state index in [-0.39, 0.29) is 5.95 Å². The monoisotopic (exact) mass is 278 g/mol. The van der Waals surface area contributed by atoms with Gasteiger partial charge in [0.15, 0.2) is 0 Å². The van der Waals surface area contributed by atoms with Crippen LogP contribution in [-0.4, -0.2) is 15.0 Å². The second-order valence-corrected chi connectivity index (χ2v) is 5.58. The third-order valence-electron chi connectivity index (χ3n) is 2.50. The van der Waals surface area contributed by atoms with Crippen LogP contribution in [0.1, 0.15) is 11.5 Å². The number of hydrogen-bond acceptors (Lipinski definition) is 7. The van der Waals surface area contributed by atoms with Gasteiger partial charge in [-0.05, 0) is 37.1 Å². The Morgan fingerprint density at radius 1 is 1.28 bits per heavy atom. The van der Waals surface area contributed by atoms with E-state index in [9.17, 15) is 0 Å². The molecule has 0 saturated carbocycles. The van der Waals surface area contributed by atoms with Gasteiger partial charge in [0.25, 0.3) is 5.22 Å². The number of nitrogens with zero attached hydrogens (tertiary/aromatic N) is 3. The molecule has 0 saturated heterocycles. The topological polar surface area (TPSA) is 77.8 Å². The predicted octanol–water partition coefficient (Wildman–Crippen LogP) is 3.03. The highest BCUT2D eigenvalue weighted by molar-refractivity contribution is 7.99. The van der Waals surface area contributed by atoms with E-state index in [1.54, 1.807) is 0 Å². The Balaban J connectivity index is 2.06. The highest BCUT2D eigenvalue weighted by Crippen LogP contribution is 2.34. The van der Waals surface area contributed by atoms with Crippen molar-refractivity contribution in [1.29, 1.82) is 0 Å². The van der Waals surface area contributed by atoms with Gasteiger partial charge < -0.3 is 10.2 Å². The molecule has 2 N–H and O–H groups in total. The fraction of sp³-hybridized carbons (Fsp3) is 0.182. The highest BCUT2D eigenvalue weighted by atomic mass is 32.2. The fourth-order valence-electron chi connectivity index (χ4n) is 1.49. The maximum Gasteiger partial charge on any atom is 0.262 e. The lowest BCUT2D eigenvalue weighted by Gasteiger charge is -1.99. The quantitative estimate of drug-likeness (QED) is 0.726. The van der Waals surface area contributed by atoms with Crippen LogP contribution in [0.5, 0.6) is 0 Å². The molecule has 92 valence electrons. The van der Waals surface area contributed by atoms with Gasteiger partial charge >= 0.3 is 0 Å². The minimum atomic E-state index is 0.271. The van der Waals surface area contributed by atoms with Crippen LogP contribution < -0.4 is 5.73 Å². The van der Waals surface area contributed by atoms with Crippen LogP contribution in [0.3, 0.4) is 0 Å². The van der Waals surface area contributed by atoms with Crippen LogP contribution in [0.4, 0.5) is 5.95 Å². The maximum atomic E-state index is 5.69. The van der Waals surface area contributed by atoms with Gasteiger partial charge in [0.1, 0.15) is 15.6 Å². The number of rotatable bonds is 2. The first-order chi connectivity index (χ1) is 8.63. The van der Waals surface area contributed by atoms with Gasteiger partial charge in [-0.1, -0.05) is 0 Å². The summed E-state index contributed by atoms with van der Waals surface area (Å²) in [5.74, 6) is 1.09. The largest absolute Gasteiger partial charge is 0.436 e. The molecule has 18 heavy (non-hydrogen) atoms. The standard InChI is InChI=1S/C11H10N4OS2/c1-5-6(2)16-11(13-5)18-9-7-3-4-17-8(7)14-10(12)15-9/h3-4H,1-2H3,(H2,12,14,15). The Labute approximate surface area is 111 Å². The van der Waals surface area contributed by atoms with Crippen molar-refractivity contribution in [2.45, 2.75) is 24.1 Å². The van der Waals surface area contributed by atoms with Crippen molar-refractivity contribution in [2.75, 3.05) is 5.73 Å². The summed E-state index contributed by atoms with van der Waals surface area (Å²) in [7, 11) is 0. The Bertz CT molecular complexity index is 699. The average molecular weight is 278 g/mol. The number of nitrogens with two attached hydrogens (primary N) is 1. The molecule has 0 spiro atoms. The van der Waals surface area contributed by atoms with Crippen LogP contribution in [0.2, 0.25) is 0 Å². The Kier molecular flexibility index (Phi) is 2.71. The summed E-state index contributed by atoms with van der Waals surface area (Å²) in [6, 6.07) is 1.98. The molecule has 0 aliphatic rings. The van der Waals surface area contributed by atoms with Crippen molar-refractivity contribution in [3.05, 3.63) is 22.9 Å². The molecule has 0 atom stereocenters. The van der Waals surface area contributed by atoms with Crippen LogP contribution in [0.25, 0.3) is 10.2 Å². The smallest absolute Gasteiger partial charge is 0.262 e. The lowest BCUT2D eigenvalue weighted by atomic mass is 10.4. The number of oxazole rings is 1. The van der Waals surface area contributed by atoms with Crippen molar-refractivity contribution in [3.8, 4) is 0 Å². The van der Waals surface area contributed by atoms with E-state index in [1.165, 1.54) is 23.1 Å². The molecule has 0 aliphatic carbocycles. The maximum absolute atomic E-state index is 5.69. The third kappa shape index (κ3) is 1.95. The molecule has 0 bridgehead atoms. The van der Waals surface area contributed by atoms with Crippen molar-refractivity contribution < 1.29 is 4.42 Å². The zero-order valence-electron chi connectivity index (χ0n) is 9.80. The molecular weight excluding hydrogens is 268 g/mol. The summed E-state index contributed by atoms with van der Waals surface area (Å²) in [4.78, 5) is 13.6. The fourth-order valence-corrected chi connectivity index (χ4v) is 3.26. The molecule has 3 aromatic rings. The first kappa shape index (κ1) is 11.5. The van der Waals surface area contributed by atoms with Gasteiger partial charge in [-0.3, -0.25) is 0 Å². The van der Waals surface area contributed by atoms with Crippen LogP contribution in [0.15, 0.2) is 26.1 Å². The second-order valence-electron chi connectivity index (χ2n) is 3.75. The van der Waals surface area contributed by atoms with E-state index < -0.39 is 0 Å². The first-order valence-electron chi connectivity index (χ1n) is 5.26. The molecule has 7 heteroatoms. The number of aromatic nitrogens is 3. The van der Waals surface area contributed by atoms with Crippen molar-refractivity contribution >= 4 is 39.3 Å². The number of nitrogen functional groups attached to an aromatic ring is 1. The molecule has 0 radical (unpaired) electrons. The molecule has 3 heterocycles. The number of fused-ring (bicyclic) bond motifs is 1. The van der Waals surface area contributed by atoms with Crippen LogP contribution in [0, 0.1) is 13.8 Å². The molecule has 3 rings (SSSR count). The van der Waals surface area contributed by atoms with Gasteiger partial charge in [0, 0.05) is 5.39 Å². The van der Waals surface area contributed by atoms with Crippen molar-refractivity contribution in [1.82, 2.24) is 15.0 Å². The molecule has 0 unspecified atom stereocenters. The molecule has 0 aliphatic heterocycles. The zero-order chi connectivity index (χ0) is 12.7. The number of thiophene rings is 1. The number of aryl methyl sites for hydroxylation is 2. The van der Waals surface area contributed by atoms with E-state index in [0.717, 1.165) is 26.7 Å². The summed E-state index contributed by atoms with van der Waals surface area (Å²) < 4.78 is 5.54. The van der Waals surface area contributed by atoms with E-state index in [4.69, 9.17) is 10.2 Å². The van der Waals surface area contributed by atoms with Gasteiger partial charge in [0.05, 0.1) is 5.69 Å². The summed E-state index contributed by atoms with van der Waals surface area (Å²) >= 11 is 2.91. The van der Waals surface area contributed by atoms with E-state index in [0.29, 0.717) is 5.22 Å². The predicted molar refractivity (Wildman–Crippen MR) is 71.9 cm³/mol. The summed E-state index contributed by atoms with van der Waals surface area (Å²) in [6.45, 7) is 3.80. The lowest BCUT2D eigenvalue weighted by molar-refractivity contribution is 0.431. The van der Waals surface area contributed by atoms with Gasteiger partial charge in [-0.15, -0.1) is 11.3 Å². The molecule has 0 fully saturated rings.